The quantitative estimate of drug-likeness (QED) is 0.283. The van der Waals surface area contributed by atoms with Gasteiger partial charge in [-0.15, -0.1) is 0 Å². The summed E-state index contributed by atoms with van der Waals surface area (Å²) in [7, 11) is 1.63. The zero-order chi connectivity index (χ0) is 27.6. The number of nitrogens with zero attached hydrogens (tertiary/aromatic N) is 3. The highest BCUT2D eigenvalue weighted by Crippen LogP contribution is 2.34. The Hall–Kier alpha value is -4.17. The van der Waals surface area contributed by atoms with E-state index in [0.717, 1.165) is 22.4 Å². The summed E-state index contributed by atoms with van der Waals surface area (Å²) in [6.07, 6.45) is 0.319. The molecular weight excluding hydrogens is 506 g/mol. The summed E-state index contributed by atoms with van der Waals surface area (Å²) >= 11 is 6.20. The molecule has 3 aromatic carbocycles. The molecule has 0 bridgehead atoms. The smallest absolute Gasteiger partial charge is 0.344 e. The zero-order valence-electron chi connectivity index (χ0n) is 21.7. The molecular formula is C29H28ClN3O5. The molecule has 1 N–H and O–H groups in total. The van der Waals surface area contributed by atoms with Crippen molar-refractivity contribution in [2.24, 2.45) is 5.10 Å². The number of carboxylic acids is 1. The number of ether oxygens (including phenoxy) is 2. The predicted molar refractivity (Wildman–Crippen MR) is 149 cm³/mol. The molecule has 0 aliphatic carbocycles. The van der Waals surface area contributed by atoms with Crippen molar-refractivity contribution in [2.45, 2.75) is 39.7 Å². The second-order valence-corrected chi connectivity index (χ2v) is 9.59. The maximum absolute atomic E-state index is 13.7. The van der Waals surface area contributed by atoms with Crippen molar-refractivity contribution < 1.29 is 19.4 Å². The van der Waals surface area contributed by atoms with Crippen LogP contribution in [0.1, 0.15) is 43.4 Å². The number of methoxy groups -OCH3 is 1. The van der Waals surface area contributed by atoms with E-state index >= 15 is 0 Å². The van der Waals surface area contributed by atoms with Gasteiger partial charge >= 0.3 is 5.97 Å². The second-order valence-electron chi connectivity index (χ2n) is 9.16. The van der Waals surface area contributed by atoms with Gasteiger partial charge < -0.3 is 14.6 Å². The highest BCUT2D eigenvalue weighted by atomic mass is 35.5. The van der Waals surface area contributed by atoms with Gasteiger partial charge in [-0.25, -0.2) is 9.78 Å². The van der Waals surface area contributed by atoms with Gasteiger partial charge in [0.05, 0.1) is 24.2 Å². The average Bonchev–Trinajstić information content (AvgIpc) is 2.89. The Morgan fingerprint density at radius 2 is 1.84 bits per heavy atom. The van der Waals surface area contributed by atoms with Crippen molar-refractivity contribution in [3.63, 3.8) is 0 Å². The van der Waals surface area contributed by atoms with Gasteiger partial charge in [-0.2, -0.15) is 9.78 Å². The molecule has 0 amide bonds. The van der Waals surface area contributed by atoms with Gasteiger partial charge in [-0.3, -0.25) is 4.79 Å². The maximum atomic E-state index is 13.7. The summed E-state index contributed by atoms with van der Waals surface area (Å²) in [5, 5.41) is 14.6. The Morgan fingerprint density at radius 1 is 1.11 bits per heavy atom. The monoisotopic (exact) mass is 533 g/mol. The molecule has 0 aliphatic rings. The fourth-order valence-electron chi connectivity index (χ4n) is 4.06. The molecule has 4 aromatic rings. The first-order valence-corrected chi connectivity index (χ1v) is 12.4. The van der Waals surface area contributed by atoms with Crippen molar-refractivity contribution in [2.75, 3.05) is 7.11 Å². The Labute approximate surface area is 225 Å². The molecule has 38 heavy (non-hydrogen) atoms. The van der Waals surface area contributed by atoms with Crippen LogP contribution in [0.15, 0.2) is 64.5 Å². The van der Waals surface area contributed by atoms with E-state index in [4.69, 9.17) is 26.1 Å². The van der Waals surface area contributed by atoms with Gasteiger partial charge in [0.25, 0.3) is 5.56 Å². The largest absolute Gasteiger partial charge is 0.496 e. The number of carboxylic acid groups (broad SMARTS) is 1. The third kappa shape index (κ3) is 5.40. The van der Waals surface area contributed by atoms with Crippen LogP contribution < -0.4 is 15.0 Å². The lowest BCUT2D eigenvalue weighted by atomic mass is 9.96. The lowest BCUT2D eigenvalue weighted by Crippen LogP contribution is -2.23. The second kappa shape index (κ2) is 11.1. The van der Waals surface area contributed by atoms with Crippen molar-refractivity contribution in [1.82, 2.24) is 9.66 Å². The zero-order valence-corrected chi connectivity index (χ0v) is 22.5. The first kappa shape index (κ1) is 26.9. The molecule has 9 heteroatoms. The van der Waals surface area contributed by atoms with Gasteiger partial charge in [0.1, 0.15) is 11.5 Å². The number of benzene rings is 3. The summed E-state index contributed by atoms with van der Waals surface area (Å²) in [5.74, 6) is 0.425. The minimum Gasteiger partial charge on any atom is -0.496 e. The van der Waals surface area contributed by atoms with Crippen molar-refractivity contribution in [3.05, 3.63) is 86.7 Å². The predicted octanol–water partition coefficient (Wildman–Crippen LogP) is 5.89. The lowest BCUT2D eigenvalue weighted by molar-refractivity contribution is -0.144. The molecule has 0 spiro atoms. The van der Waals surface area contributed by atoms with E-state index in [1.807, 2.05) is 25.1 Å². The molecule has 8 nitrogen and oxygen atoms in total. The number of aliphatic carboxylic acids is 1. The van der Waals surface area contributed by atoms with Crippen LogP contribution >= 0.6 is 11.6 Å². The van der Waals surface area contributed by atoms with Crippen LogP contribution in [-0.4, -0.2) is 40.2 Å². The number of aryl methyl sites for hydroxylation is 1. The summed E-state index contributed by atoms with van der Waals surface area (Å²) in [5.41, 5.74) is 3.16. The normalized spacial score (nSPS) is 12.3. The van der Waals surface area contributed by atoms with Crippen LogP contribution in [0.2, 0.25) is 5.02 Å². The Bertz CT molecular complexity index is 1610. The summed E-state index contributed by atoms with van der Waals surface area (Å²) in [4.78, 5) is 29.8. The van der Waals surface area contributed by atoms with Gasteiger partial charge in [0.2, 0.25) is 0 Å². The molecule has 4 rings (SSSR count). The fourth-order valence-corrected chi connectivity index (χ4v) is 4.24. The van der Waals surface area contributed by atoms with Crippen molar-refractivity contribution >= 4 is 34.7 Å². The molecule has 0 radical (unpaired) electrons. The summed E-state index contributed by atoms with van der Waals surface area (Å²) < 4.78 is 12.4. The van der Waals surface area contributed by atoms with Crippen LogP contribution in [0.4, 0.5) is 0 Å². The van der Waals surface area contributed by atoms with Crippen molar-refractivity contribution in [1.29, 1.82) is 0 Å². The van der Waals surface area contributed by atoms with Crippen LogP contribution in [0.25, 0.3) is 22.3 Å². The Balaban J connectivity index is 1.95. The molecule has 0 saturated heterocycles. The molecule has 0 fully saturated rings. The van der Waals surface area contributed by atoms with Crippen LogP contribution in [-0.2, 0) is 4.79 Å². The maximum Gasteiger partial charge on any atom is 0.344 e. The van der Waals surface area contributed by atoms with E-state index in [0.29, 0.717) is 27.3 Å². The van der Waals surface area contributed by atoms with E-state index in [2.05, 4.69) is 18.9 Å². The molecule has 1 atom stereocenters. The van der Waals surface area contributed by atoms with Crippen molar-refractivity contribution in [3.8, 4) is 22.9 Å². The Kier molecular flexibility index (Phi) is 7.83. The van der Waals surface area contributed by atoms with E-state index < -0.39 is 12.1 Å². The first-order valence-electron chi connectivity index (χ1n) is 12.0. The van der Waals surface area contributed by atoms with E-state index in [1.165, 1.54) is 17.8 Å². The minimum atomic E-state index is -1.11. The Morgan fingerprint density at radius 3 is 2.53 bits per heavy atom. The molecule has 0 aliphatic heterocycles. The molecule has 1 aromatic heterocycles. The van der Waals surface area contributed by atoms with Crippen LogP contribution in [0.3, 0.4) is 0 Å². The number of halogens is 1. The number of hydrogen-bond donors (Lipinski definition) is 1. The summed E-state index contributed by atoms with van der Waals surface area (Å²) in [6, 6.07) is 15.7. The fraction of sp³-hybridized carbons (Fsp3) is 0.241. The number of fused-ring (bicyclic) bond motifs is 1. The van der Waals surface area contributed by atoms with Gasteiger partial charge in [0, 0.05) is 16.1 Å². The molecule has 0 unspecified atom stereocenters. The van der Waals surface area contributed by atoms with Crippen LogP contribution in [0, 0.1) is 6.92 Å². The number of rotatable bonds is 8. The van der Waals surface area contributed by atoms with E-state index in [1.54, 1.807) is 43.5 Å². The number of hydrogen-bond acceptors (Lipinski definition) is 6. The summed E-state index contributed by atoms with van der Waals surface area (Å²) in [6.45, 7) is 7.48. The van der Waals surface area contributed by atoms with E-state index in [-0.39, 0.29) is 17.2 Å². The standard InChI is InChI=1S/C29H28ClN3O5/c1-16(2)22-14-23(17(3)12-26(22)37-5)27-32-24-9-7-6-8-21(24)28(34)33(27)31-15-19-13-20(30)10-11-25(19)38-18(4)29(35)36/h6-16,18H,1-5H3,(H,35,36)/t18-/m1/s1. The van der Waals surface area contributed by atoms with Gasteiger partial charge in [0.15, 0.2) is 11.9 Å². The molecule has 196 valence electrons. The van der Waals surface area contributed by atoms with Crippen LogP contribution in [0.5, 0.6) is 11.5 Å². The average molecular weight is 534 g/mol. The van der Waals surface area contributed by atoms with E-state index in [9.17, 15) is 14.7 Å². The third-order valence-corrected chi connectivity index (χ3v) is 6.36. The highest BCUT2D eigenvalue weighted by Gasteiger charge is 2.19. The number of carbonyl (C=O) groups is 1. The topological polar surface area (TPSA) is 103 Å². The SMILES string of the molecule is COc1cc(C)c(-c2nc3ccccc3c(=O)n2N=Cc2cc(Cl)ccc2O[C@H](C)C(=O)O)cc1C(C)C. The highest BCUT2D eigenvalue weighted by molar-refractivity contribution is 6.30. The molecule has 0 saturated carbocycles. The number of aromatic nitrogens is 2. The van der Waals surface area contributed by atoms with Gasteiger partial charge in [-0.1, -0.05) is 37.6 Å². The minimum absolute atomic E-state index is 0.163. The molecule has 1 heterocycles. The third-order valence-electron chi connectivity index (χ3n) is 6.13. The lowest BCUT2D eigenvalue weighted by Gasteiger charge is -2.17. The first-order chi connectivity index (χ1) is 18.1. The number of para-hydroxylation sites is 1. The van der Waals surface area contributed by atoms with Gasteiger partial charge in [-0.05, 0) is 73.4 Å².